The number of likely N-dealkylation sites (tertiary alicyclic amines) is 1. The largest absolute Gasteiger partial charge is 0.384 e. The van der Waals surface area contributed by atoms with Crippen molar-refractivity contribution in [1.29, 1.82) is 0 Å². The van der Waals surface area contributed by atoms with Gasteiger partial charge in [0.05, 0.1) is 11.3 Å². The van der Waals surface area contributed by atoms with Gasteiger partial charge in [0.1, 0.15) is 11.6 Å². The molecule has 0 radical (unpaired) electrons. The number of nitrogens with one attached hydrogen (secondary N) is 4. The fourth-order valence-corrected chi connectivity index (χ4v) is 4.16. The molecule has 3 heterocycles. The van der Waals surface area contributed by atoms with Gasteiger partial charge in [-0.15, -0.1) is 0 Å². The number of pyridine rings is 2. The lowest BCUT2D eigenvalue weighted by molar-refractivity contribution is 0.0950. The maximum absolute atomic E-state index is 12.8. The molecule has 37 heavy (non-hydrogen) atoms. The molecule has 0 unspecified atom stereocenters. The molecule has 3 aromatic rings. The number of hydrogen-bond acceptors (Lipinski definition) is 7. The van der Waals surface area contributed by atoms with E-state index in [1.54, 1.807) is 18.3 Å². The summed E-state index contributed by atoms with van der Waals surface area (Å²) in [6.07, 6.45) is 4.09. The average molecular weight is 503 g/mol. The zero-order chi connectivity index (χ0) is 26.0. The summed E-state index contributed by atoms with van der Waals surface area (Å²) in [5.74, 6) is 0.859. The summed E-state index contributed by atoms with van der Waals surface area (Å²) in [6.45, 7) is 6.65. The zero-order valence-corrected chi connectivity index (χ0v) is 21.1. The Morgan fingerprint density at radius 3 is 2.49 bits per heavy atom. The first-order chi connectivity index (χ1) is 18.0. The molecule has 2 aromatic heterocycles. The van der Waals surface area contributed by atoms with Gasteiger partial charge in [0, 0.05) is 43.6 Å². The molecule has 4 rings (SSSR count). The molecule has 1 fully saturated rings. The van der Waals surface area contributed by atoms with Crippen molar-refractivity contribution < 1.29 is 9.59 Å². The molecule has 0 saturated carbocycles. The van der Waals surface area contributed by atoms with Crippen molar-refractivity contribution in [1.82, 2.24) is 25.5 Å². The van der Waals surface area contributed by atoms with E-state index in [9.17, 15) is 9.59 Å². The number of nitrogen functional groups attached to an aromatic ring is 1. The van der Waals surface area contributed by atoms with Crippen molar-refractivity contribution in [3.63, 3.8) is 0 Å². The maximum Gasteiger partial charge on any atom is 0.319 e. The second-order valence-electron chi connectivity index (χ2n) is 8.90. The molecule has 0 spiro atoms. The molecule has 1 aliphatic heterocycles. The summed E-state index contributed by atoms with van der Waals surface area (Å²) in [4.78, 5) is 36.1. The Bertz CT molecular complexity index is 1190. The summed E-state index contributed by atoms with van der Waals surface area (Å²) in [6, 6.07) is 14.2. The number of carbonyl (C=O) groups excluding carboxylic acids is 2. The standard InChI is InChI=1S/C27H34N8O2/c1-2-29-25-22(26(36)30-13-16-35-14-3-4-15-35)10-11-23(34-25)20-6-8-21(9-7-20)33-27(37)32-18-19-5-12-24(28)31-17-19/h5-12,17H,2-4,13-16,18H2,1H3,(H2,28,31)(H,29,34)(H,30,36)(H2,32,33,37). The lowest BCUT2D eigenvalue weighted by Gasteiger charge is -2.16. The molecule has 1 aromatic carbocycles. The van der Waals surface area contributed by atoms with E-state index in [1.165, 1.54) is 12.8 Å². The summed E-state index contributed by atoms with van der Waals surface area (Å²) < 4.78 is 0. The number of amides is 3. The number of urea groups is 1. The van der Waals surface area contributed by atoms with E-state index in [1.807, 2.05) is 43.3 Å². The number of hydrogen-bond donors (Lipinski definition) is 5. The van der Waals surface area contributed by atoms with E-state index < -0.39 is 0 Å². The highest BCUT2D eigenvalue weighted by atomic mass is 16.2. The third kappa shape index (κ3) is 7.40. The van der Waals surface area contributed by atoms with Crippen molar-refractivity contribution in [3.8, 4) is 11.3 Å². The molecule has 194 valence electrons. The molecule has 0 aliphatic carbocycles. The first-order valence-electron chi connectivity index (χ1n) is 12.6. The average Bonchev–Trinajstić information content (AvgIpc) is 3.42. The van der Waals surface area contributed by atoms with Crippen molar-refractivity contribution in [2.24, 2.45) is 0 Å². The van der Waals surface area contributed by atoms with E-state index >= 15 is 0 Å². The van der Waals surface area contributed by atoms with Crippen LogP contribution in [0.1, 0.15) is 35.7 Å². The highest BCUT2D eigenvalue weighted by molar-refractivity contribution is 5.99. The van der Waals surface area contributed by atoms with E-state index in [2.05, 4.69) is 31.2 Å². The van der Waals surface area contributed by atoms with Crippen LogP contribution in [0.25, 0.3) is 11.3 Å². The fourth-order valence-electron chi connectivity index (χ4n) is 4.16. The molecule has 0 atom stereocenters. The Morgan fingerprint density at radius 1 is 1.00 bits per heavy atom. The fraction of sp³-hybridized carbons (Fsp3) is 0.333. The van der Waals surface area contributed by atoms with Crippen LogP contribution in [0.4, 0.5) is 22.1 Å². The second kappa shape index (κ2) is 12.7. The molecule has 10 nitrogen and oxygen atoms in total. The van der Waals surface area contributed by atoms with E-state index in [-0.39, 0.29) is 11.9 Å². The molecular formula is C27H34N8O2. The monoisotopic (exact) mass is 502 g/mol. The minimum absolute atomic E-state index is 0.130. The van der Waals surface area contributed by atoms with Gasteiger partial charge in [-0.25, -0.2) is 14.8 Å². The first-order valence-corrected chi connectivity index (χ1v) is 12.6. The van der Waals surface area contributed by atoms with Crippen LogP contribution in [-0.2, 0) is 6.54 Å². The number of rotatable bonds is 10. The lowest BCUT2D eigenvalue weighted by Crippen LogP contribution is -2.33. The van der Waals surface area contributed by atoms with Crippen LogP contribution in [0.5, 0.6) is 0 Å². The van der Waals surface area contributed by atoms with E-state index in [4.69, 9.17) is 10.7 Å². The van der Waals surface area contributed by atoms with Gasteiger partial charge in [-0.05, 0) is 68.8 Å². The van der Waals surface area contributed by atoms with Crippen LogP contribution in [0, 0.1) is 0 Å². The van der Waals surface area contributed by atoms with Crippen molar-refractivity contribution in [2.75, 3.05) is 49.1 Å². The Balaban J connectivity index is 1.34. The first kappa shape index (κ1) is 25.9. The molecule has 10 heteroatoms. The summed E-state index contributed by atoms with van der Waals surface area (Å²) in [5.41, 5.74) is 9.22. The molecule has 0 bridgehead atoms. The Morgan fingerprint density at radius 2 is 1.78 bits per heavy atom. The second-order valence-corrected chi connectivity index (χ2v) is 8.90. The van der Waals surface area contributed by atoms with Crippen molar-refractivity contribution >= 4 is 29.3 Å². The van der Waals surface area contributed by atoms with E-state index in [0.29, 0.717) is 42.5 Å². The number of benzene rings is 1. The summed E-state index contributed by atoms with van der Waals surface area (Å²) in [5, 5.41) is 11.8. The molecule has 3 amide bonds. The van der Waals surface area contributed by atoms with Crippen molar-refractivity contribution in [3.05, 3.63) is 65.9 Å². The number of nitrogens with two attached hydrogens (primary N) is 1. The van der Waals surface area contributed by atoms with Gasteiger partial charge >= 0.3 is 6.03 Å². The highest BCUT2D eigenvalue weighted by Gasteiger charge is 2.16. The van der Waals surface area contributed by atoms with Gasteiger partial charge in [0.25, 0.3) is 5.91 Å². The molecule has 1 saturated heterocycles. The molecule has 6 N–H and O–H groups in total. The Kier molecular flexibility index (Phi) is 8.88. The number of nitrogens with zero attached hydrogens (tertiary/aromatic N) is 3. The maximum atomic E-state index is 12.8. The molecular weight excluding hydrogens is 468 g/mol. The topological polar surface area (TPSA) is 137 Å². The van der Waals surface area contributed by atoms with Crippen LogP contribution < -0.4 is 27.0 Å². The van der Waals surface area contributed by atoms with Gasteiger partial charge in [0.2, 0.25) is 0 Å². The Hall–Kier alpha value is -4.18. The minimum Gasteiger partial charge on any atom is -0.384 e. The van der Waals surface area contributed by atoms with Gasteiger partial charge in [0.15, 0.2) is 0 Å². The van der Waals surface area contributed by atoms with Crippen LogP contribution in [0.15, 0.2) is 54.7 Å². The summed E-state index contributed by atoms with van der Waals surface area (Å²) in [7, 11) is 0. The van der Waals surface area contributed by atoms with Crippen LogP contribution in [0.2, 0.25) is 0 Å². The van der Waals surface area contributed by atoms with Crippen molar-refractivity contribution in [2.45, 2.75) is 26.3 Å². The Labute approximate surface area is 217 Å². The van der Waals surface area contributed by atoms with Gasteiger partial charge in [-0.2, -0.15) is 0 Å². The number of carbonyl (C=O) groups is 2. The van der Waals surface area contributed by atoms with E-state index in [0.717, 1.165) is 36.5 Å². The molecule has 1 aliphatic rings. The quantitative estimate of drug-likeness (QED) is 0.287. The third-order valence-corrected chi connectivity index (χ3v) is 6.14. The normalized spacial score (nSPS) is 13.2. The van der Waals surface area contributed by atoms with Crippen LogP contribution >= 0.6 is 0 Å². The minimum atomic E-state index is -0.322. The van der Waals surface area contributed by atoms with Gasteiger partial charge < -0.3 is 31.9 Å². The van der Waals surface area contributed by atoms with Crippen LogP contribution in [0.3, 0.4) is 0 Å². The number of aromatic nitrogens is 2. The SMILES string of the molecule is CCNc1nc(-c2ccc(NC(=O)NCc3ccc(N)nc3)cc2)ccc1C(=O)NCCN1CCCC1. The van der Waals surface area contributed by atoms with Gasteiger partial charge in [-0.1, -0.05) is 18.2 Å². The summed E-state index contributed by atoms with van der Waals surface area (Å²) >= 11 is 0. The number of anilines is 3. The highest BCUT2D eigenvalue weighted by Crippen LogP contribution is 2.23. The van der Waals surface area contributed by atoms with Crippen LogP contribution in [-0.4, -0.2) is 59.5 Å². The smallest absolute Gasteiger partial charge is 0.319 e. The third-order valence-electron chi connectivity index (χ3n) is 6.14. The lowest BCUT2D eigenvalue weighted by atomic mass is 10.1. The van der Waals surface area contributed by atoms with Gasteiger partial charge in [-0.3, -0.25) is 4.79 Å². The predicted molar refractivity (Wildman–Crippen MR) is 146 cm³/mol. The predicted octanol–water partition coefficient (Wildman–Crippen LogP) is 3.30. The zero-order valence-electron chi connectivity index (χ0n) is 21.1.